The third kappa shape index (κ3) is 3.11. The van der Waals surface area contributed by atoms with Gasteiger partial charge in [0.1, 0.15) is 0 Å². The predicted octanol–water partition coefficient (Wildman–Crippen LogP) is 2.54. The maximum absolute atomic E-state index is 11.9. The highest BCUT2D eigenvalue weighted by atomic mass is 16.2. The number of fused-ring (bicyclic) bond motifs is 1. The monoisotopic (exact) mass is 312 g/mol. The zero-order chi connectivity index (χ0) is 15.8. The van der Waals surface area contributed by atoms with E-state index in [-0.39, 0.29) is 5.91 Å². The van der Waals surface area contributed by atoms with Crippen LogP contribution < -0.4 is 0 Å². The maximum atomic E-state index is 11.9. The number of carbonyl (C=O) groups excluding carboxylic acids is 1. The first kappa shape index (κ1) is 14.7. The molecule has 1 N–H and O–H groups in total. The molecule has 1 saturated carbocycles. The lowest BCUT2D eigenvalue weighted by molar-refractivity contribution is -0.130. The zero-order valence-corrected chi connectivity index (χ0v) is 13.7. The Morgan fingerprint density at radius 1 is 1.39 bits per heavy atom. The second-order valence-electron chi connectivity index (χ2n) is 6.96. The highest BCUT2D eigenvalue weighted by Gasteiger charge is 2.35. The Hall–Kier alpha value is -1.88. The van der Waals surface area contributed by atoms with Gasteiger partial charge in [0.2, 0.25) is 5.91 Å². The van der Waals surface area contributed by atoms with E-state index in [1.54, 1.807) is 6.92 Å². The Morgan fingerprint density at radius 2 is 2.26 bits per heavy atom. The van der Waals surface area contributed by atoms with Gasteiger partial charge in [-0.2, -0.15) is 5.10 Å². The molecule has 122 valence electrons. The lowest BCUT2D eigenvalue weighted by Crippen LogP contribution is -2.43. The summed E-state index contributed by atoms with van der Waals surface area (Å²) in [6, 6.07) is 7.53. The minimum absolute atomic E-state index is 0.234. The molecule has 2 aromatic rings. The van der Waals surface area contributed by atoms with Crippen molar-refractivity contribution in [2.75, 3.05) is 13.1 Å². The molecule has 1 atom stereocenters. The Bertz CT molecular complexity index is 706. The number of nitrogens with zero attached hydrogens (tertiary/aromatic N) is 3. The van der Waals surface area contributed by atoms with Crippen LogP contribution in [0.4, 0.5) is 0 Å². The summed E-state index contributed by atoms with van der Waals surface area (Å²) in [4.78, 5) is 16.5. The number of hydrogen-bond acceptors (Lipinski definition) is 3. The minimum atomic E-state index is 0.234. The van der Waals surface area contributed by atoms with E-state index < -0.39 is 0 Å². The maximum Gasteiger partial charge on any atom is 0.219 e. The number of amides is 1. The van der Waals surface area contributed by atoms with Crippen molar-refractivity contribution in [1.82, 2.24) is 20.0 Å². The van der Waals surface area contributed by atoms with Crippen LogP contribution in [-0.4, -0.2) is 51.1 Å². The van der Waals surface area contributed by atoms with Crippen molar-refractivity contribution in [1.29, 1.82) is 0 Å². The van der Waals surface area contributed by atoms with Crippen LogP contribution in [0.5, 0.6) is 0 Å². The molecular weight excluding hydrogens is 288 g/mol. The molecular formula is C18H24N4O. The summed E-state index contributed by atoms with van der Waals surface area (Å²) in [7, 11) is 0. The molecule has 0 spiro atoms. The van der Waals surface area contributed by atoms with Crippen molar-refractivity contribution in [3.63, 3.8) is 0 Å². The summed E-state index contributed by atoms with van der Waals surface area (Å²) in [5, 5.41) is 8.29. The lowest BCUT2D eigenvalue weighted by atomic mass is 10.1. The van der Waals surface area contributed by atoms with Crippen LogP contribution in [0, 0.1) is 0 Å². The Kier molecular flexibility index (Phi) is 3.81. The minimum Gasteiger partial charge on any atom is -0.338 e. The number of hydrogen-bond donors (Lipinski definition) is 1. The van der Waals surface area contributed by atoms with Crippen molar-refractivity contribution >= 4 is 16.8 Å². The van der Waals surface area contributed by atoms with Crippen LogP contribution in [0.2, 0.25) is 0 Å². The van der Waals surface area contributed by atoms with Gasteiger partial charge in [-0.3, -0.25) is 14.8 Å². The van der Waals surface area contributed by atoms with Gasteiger partial charge in [-0.15, -0.1) is 0 Å². The first-order valence-corrected chi connectivity index (χ1v) is 8.64. The lowest BCUT2D eigenvalue weighted by Gasteiger charge is -2.30. The molecule has 0 unspecified atom stereocenters. The van der Waals surface area contributed by atoms with Gasteiger partial charge in [0.15, 0.2) is 0 Å². The van der Waals surface area contributed by atoms with Gasteiger partial charge in [0, 0.05) is 37.5 Å². The van der Waals surface area contributed by atoms with E-state index in [9.17, 15) is 4.79 Å². The Morgan fingerprint density at radius 3 is 3.04 bits per heavy atom. The van der Waals surface area contributed by atoms with Crippen LogP contribution in [0.15, 0.2) is 24.4 Å². The van der Waals surface area contributed by atoms with Gasteiger partial charge in [0.25, 0.3) is 0 Å². The number of rotatable bonds is 5. The average Bonchev–Trinajstić information content (AvgIpc) is 3.10. The number of likely N-dealkylation sites (tertiary alicyclic amines) is 1. The van der Waals surface area contributed by atoms with E-state index in [1.165, 1.54) is 31.2 Å². The van der Waals surface area contributed by atoms with Crippen LogP contribution in [0.3, 0.4) is 0 Å². The van der Waals surface area contributed by atoms with E-state index in [1.807, 2.05) is 6.20 Å². The number of carbonyl (C=O) groups is 1. The van der Waals surface area contributed by atoms with E-state index in [0.29, 0.717) is 12.1 Å². The van der Waals surface area contributed by atoms with E-state index in [0.717, 1.165) is 30.5 Å². The number of aromatic nitrogens is 2. The molecule has 23 heavy (non-hydrogen) atoms. The normalized spacial score (nSPS) is 21.9. The van der Waals surface area contributed by atoms with E-state index in [2.05, 4.69) is 38.2 Å². The first-order valence-electron chi connectivity index (χ1n) is 8.64. The topological polar surface area (TPSA) is 52.2 Å². The van der Waals surface area contributed by atoms with Crippen LogP contribution in [0.25, 0.3) is 10.9 Å². The third-order valence-electron chi connectivity index (χ3n) is 5.19. The molecule has 1 aromatic carbocycles. The van der Waals surface area contributed by atoms with E-state index in [4.69, 9.17) is 0 Å². The third-order valence-corrected chi connectivity index (χ3v) is 5.19. The molecule has 1 aliphatic heterocycles. The number of nitrogens with one attached hydrogen (secondary N) is 1. The largest absolute Gasteiger partial charge is 0.338 e. The van der Waals surface area contributed by atoms with Crippen LogP contribution in [-0.2, 0) is 11.3 Å². The molecule has 0 bridgehead atoms. The van der Waals surface area contributed by atoms with E-state index >= 15 is 0 Å². The second-order valence-corrected chi connectivity index (χ2v) is 6.96. The molecule has 2 aliphatic rings. The van der Waals surface area contributed by atoms with Gasteiger partial charge in [-0.05, 0) is 43.9 Å². The fourth-order valence-electron chi connectivity index (χ4n) is 3.78. The van der Waals surface area contributed by atoms with Crippen molar-refractivity contribution in [2.45, 2.75) is 51.2 Å². The molecule has 1 saturated heterocycles. The fourth-order valence-corrected chi connectivity index (χ4v) is 3.78. The average molecular weight is 312 g/mol. The summed E-state index contributed by atoms with van der Waals surface area (Å²) >= 11 is 0. The van der Waals surface area contributed by atoms with Gasteiger partial charge in [-0.1, -0.05) is 12.1 Å². The standard InChI is InChI=1S/C18H24N4O/c1-13(23)22(16-6-7-16)12-17-3-2-8-21(17)11-14-4-5-15-10-19-20-18(15)9-14/h4-5,9-10,16-17H,2-3,6-8,11-12H2,1H3,(H,19,20)/t17-/m1/s1. The summed E-state index contributed by atoms with van der Waals surface area (Å²) < 4.78 is 0. The molecule has 1 aliphatic carbocycles. The summed E-state index contributed by atoms with van der Waals surface area (Å²) in [6.45, 7) is 4.69. The first-order chi connectivity index (χ1) is 11.2. The van der Waals surface area contributed by atoms with Crippen molar-refractivity contribution < 1.29 is 4.79 Å². The number of aromatic amines is 1. The Balaban J connectivity index is 1.45. The van der Waals surface area contributed by atoms with Gasteiger partial charge in [-0.25, -0.2) is 0 Å². The molecule has 1 aromatic heterocycles. The molecule has 2 fully saturated rings. The molecule has 4 rings (SSSR count). The molecule has 5 nitrogen and oxygen atoms in total. The summed E-state index contributed by atoms with van der Waals surface area (Å²) in [6.07, 6.45) is 6.65. The molecule has 1 amide bonds. The quantitative estimate of drug-likeness (QED) is 0.923. The van der Waals surface area contributed by atoms with Crippen molar-refractivity contribution in [2.24, 2.45) is 0 Å². The van der Waals surface area contributed by atoms with Crippen molar-refractivity contribution in [3.05, 3.63) is 30.0 Å². The summed E-state index contributed by atoms with van der Waals surface area (Å²) in [5.41, 5.74) is 2.41. The zero-order valence-electron chi connectivity index (χ0n) is 13.7. The SMILES string of the molecule is CC(=O)N(C[C@H]1CCCN1Cc1ccc2cn[nH]c2c1)C1CC1. The van der Waals surface area contributed by atoms with Gasteiger partial charge < -0.3 is 4.90 Å². The highest BCUT2D eigenvalue weighted by Crippen LogP contribution is 2.30. The van der Waals surface area contributed by atoms with Gasteiger partial charge in [0.05, 0.1) is 11.7 Å². The molecule has 5 heteroatoms. The van der Waals surface area contributed by atoms with Crippen LogP contribution in [0.1, 0.15) is 38.2 Å². The smallest absolute Gasteiger partial charge is 0.219 e. The van der Waals surface area contributed by atoms with Crippen molar-refractivity contribution in [3.8, 4) is 0 Å². The second kappa shape index (κ2) is 5.96. The number of H-pyrrole nitrogens is 1. The predicted molar refractivity (Wildman–Crippen MR) is 89.9 cm³/mol. The van der Waals surface area contributed by atoms with Crippen LogP contribution >= 0.6 is 0 Å². The molecule has 0 radical (unpaired) electrons. The Labute approximate surface area is 136 Å². The fraction of sp³-hybridized carbons (Fsp3) is 0.556. The summed E-state index contributed by atoms with van der Waals surface area (Å²) in [5.74, 6) is 0.234. The molecule has 2 heterocycles. The van der Waals surface area contributed by atoms with Gasteiger partial charge >= 0.3 is 0 Å². The highest BCUT2D eigenvalue weighted by molar-refractivity contribution is 5.78. The number of benzene rings is 1.